The Morgan fingerprint density at radius 3 is 2.53 bits per heavy atom. The minimum atomic E-state index is 0.268. The van der Waals surface area contributed by atoms with Crippen LogP contribution in [0.3, 0.4) is 0 Å². The Morgan fingerprint density at radius 1 is 1.06 bits per heavy atom. The smallest absolute Gasteiger partial charge is 0.0485 e. The van der Waals surface area contributed by atoms with Gasteiger partial charge in [-0.1, -0.05) is 42.3 Å². The van der Waals surface area contributed by atoms with Crippen LogP contribution in [-0.2, 0) is 0 Å². The third kappa shape index (κ3) is 2.89. The van der Waals surface area contributed by atoms with Crippen molar-refractivity contribution in [2.45, 2.75) is 13.0 Å². The van der Waals surface area contributed by atoms with E-state index in [1.54, 1.807) is 0 Å². The second-order valence-corrected chi connectivity index (χ2v) is 4.00. The van der Waals surface area contributed by atoms with Gasteiger partial charge in [0.15, 0.2) is 0 Å². The molecule has 1 heteroatoms. The van der Waals surface area contributed by atoms with Crippen molar-refractivity contribution in [2.24, 2.45) is 0 Å². The first-order valence-electron chi connectivity index (χ1n) is 5.68. The molecule has 0 heterocycles. The zero-order valence-corrected chi connectivity index (χ0v) is 9.85. The molecule has 2 rings (SSSR count). The van der Waals surface area contributed by atoms with E-state index in [9.17, 15) is 0 Å². The fourth-order valence-electron chi connectivity index (χ4n) is 1.77. The van der Waals surface area contributed by atoms with E-state index >= 15 is 0 Å². The van der Waals surface area contributed by atoms with Crippen molar-refractivity contribution in [1.82, 2.24) is 0 Å². The molecule has 0 aliphatic heterocycles. The van der Waals surface area contributed by atoms with Crippen molar-refractivity contribution in [3.63, 3.8) is 0 Å². The predicted molar refractivity (Wildman–Crippen MR) is 72.9 cm³/mol. The van der Waals surface area contributed by atoms with Crippen LogP contribution in [-0.4, -0.2) is 0 Å². The second-order valence-electron chi connectivity index (χ2n) is 4.00. The lowest BCUT2D eigenvalue weighted by Crippen LogP contribution is -2.06. The van der Waals surface area contributed by atoms with E-state index in [0.29, 0.717) is 0 Å². The molecule has 0 saturated heterocycles. The standard InChI is InChI=1S/C16H15N/c1-3-14-8-7-11-16(12-14)17-13(2)15-9-5-4-6-10-15/h1,4-13,17H,2H3/t13-/m0/s1. The van der Waals surface area contributed by atoms with Gasteiger partial charge in [0.2, 0.25) is 0 Å². The normalized spacial score (nSPS) is 11.5. The highest BCUT2D eigenvalue weighted by atomic mass is 14.9. The molecule has 84 valence electrons. The van der Waals surface area contributed by atoms with Gasteiger partial charge in [0, 0.05) is 17.3 Å². The van der Waals surface area contributed by atoms with Gasteiger partial charge in [-0.3, -0.25) is 0 Å². The van der Waals surface area contributed by atoms with E-state index in [-0.39, 0.29) is 6.04 Å². The number of hydrogen-bond donors (Lipinski definition) is 1. The van der Waals surface area contributed by atoms with E-state index in [0.717, 1.165) is 11.3 Å². The van der Waals surface area contributed by atoms with Gasteiger partial charge in [0.05, 0.1) is 0 Å². The zero-order chi connectivity index (χ0) is 12.1. The highest BCUT2D eigenvalue weighted by molar-refractivity contribution is 5.51. The molecule has 0 spiro atoms. The van der Waals surface area contributed by atoms with E-state index in [4.69, 9.17) is 6.42 Å². The van der Waals surface area contributed by atoms with Crippen LogP contribution >= 0.6 is 0 Å². The molecule has 0 unspecified atom stereocenters. The minimum absolute atomic E-state index is 0.268. The molecule has 0 fully saturated rings. The zero-order valence-electron chi connectivity index (χ0n) is 9.85. The minimum Gasteiger partial charge on any atom is -0.378 e. The van der Waals surface area contributed by atoms with Gasteiger partial charge >= 0.3 is 0 Å². The summed E-state index contributed by atoms with van der Waals surface area (Å²) in [6.45, 7) is 2.14. The van der Waals surface area contributed by atoms with Crippen molar-refractivity contribution in [2.75, 3.05) is 5.32 Å². The van der Waals surface area contributed by atoms with E-state index in [1.807, 2.05) is 42.5 Å². The molecular formula is C16H15N. The number of nitrogens with one attached hydrogen (secondary N) is 1. The van der Waals surface area contributed by atoms with Crippen molar-refractivity contribution < 1.29 is 0 Å². The number of rotatable bonds is 3. The largest absolute Gasteiger partial charge is 0.378 e. The molecular weight excluding hydrogens is 206 g/mol. The van der Waals surface area contributed by atoms with Crippen molar-refractivity contribution in [3.05, 3.63) is 65.7 Å². The van der Waals surface area contributed by atoms with E-state index < -0.39 is 0 Å². The second kappa shape index (κ2) is 5.23. The Morgan fingerprint density at radius 2 is 1.82 bits per heavy atom. The van der Waals surface area contributed by atoms with Gasteiger partial charge in [0.1, 0.15) is 0 Å². The summed E-state index contributed by atoms with van der Waals surface area (Å²) in [4.78, 5) is 0. The Labute approximate surface area is 102 Å². The molecule has 0 aliphatic carbocycles. The summed E-state index contributed by atoms with van der Waals surface area (Å²) < 4.78 is 0. The molecule has 0 aromatic heterocycles. The Hall–Kier alpha value is -2.20. The summed E-state index contributed by atoms with van der Waals surface area (Å²) in [5.41, 5.74) is 3.21. The Kier molecular flexibility index (Phi) is 3.47. The highest BCUT2D eigenvalue weighted by Gasteiger charge is 2.04. The predicted octanol–water partition coefficient (Wildman–Crippen LogP) is 3.84. The van der Waals surface area contributed by atoms with Crippen LogP contribution in [0.25, 0.3) is 0 Å². The van der Waals surface area contributed by atoms with Gasteiger partial charge in [0.25, 0.3) is 0 Å². The first kappa shape index (κ1) is 11.3. The molecule has 1 N–H and O–H groups in total. The fourth-order valence-corrected chi connectivity index (χ4v) is 1.77. The Bertz CT molecular complexity index is 523. The number of terminal acetylenes is 1. The molecule has 1 nitrogen and oxygen atoms in total. The number of anilines is 1. The first-order valence-corrected chi connectivity index (χ1v) is 5.68. The molecule has 0 aliphatic rings. The van der Waals surface area contributed by atoms with E-state index in [1.165, 1.54) is 5.56 Å². The molecule has 0 bridgehead atoms. The molecule has 1 atom stereocenters. The van der Waals surface area contributed by atoms with Crippen molar-refractivity contribution in [3.8, 4) is 12.3 Å². The van der Waals surface area contributed by atoms with Crippen LogP contribution in [0, 0.1) is 12.3 Å². The maximum Gasteiger partial charge on any atom is 0.0485 e. The molecule has 2 aromatic carbocycles. The number of hydrogen-bond acceptors (Lipinski definition) is 1. The van der Waals surface area contributed by atoms with Gasteiger partial charge in [-0.25, -0.2) is 0 Å². The first-order chi connectivity index (χ1) is 8.29. The van der Waals surface area contributed by atoms with Crippen molar-refractivity contribution in [1.29, 1.82) is 0 Å². The topological polar surface area (TPSA) is 12.0 Å². The maximum absolute atomic E-state index is 5.38. The molecule has 0 saturated carbocycles. The lowest BCUT2D eigenvalue weighted by atomic mass is 10.1. The van der Waals surface area contributed by atoms with Crippen LogP contribution in [0.15, 0.2) is 54.6 Å². The van der Waals surface area contributed by atoms with E-state index in [2.05, 4.69) is 30.3 Å². The third-order valence-electron chi connectivity index (χ3n) is 2.71. The highest BCUT2D eigenvalue weighted by Crippen LogP contribution is 2.19. The molecule has 17 heavy (non-hydrogen) atoms. The average molecular weight is 221 g/mol. The van der Waals surface area contributed by atoms with Crippen molar-refractivity contribution >= 4 is 5.69 Å². The average Bonchev–Trinajstić information content (AvgIpc) is 2.40. The summed E-state index contributed by atoms with van der Waals surface area (Å²) >= 11 is 0. The quantitative estimate of drug-likeness (QED) is 0.776. The monoisotopic (exact) mass is 221 g/mol. The van der Waals surface area contributed by atoms with Gasteiger partial charge in [-0.15, -0.1) is 6.42 Å². The van der Waals surface area contributed by atoms with Crippen LogP contribution in [0.5, 0.6) is 0 Å². The van der Waals surface area contributed by atoms with Gasteiger partial charge in [-0.2, -0.15) is 0 Å². The van der Waals surface area contributed by atoms with Crippen LogP contribution in [0.4, 0.5) is 5.69 Å². The summed E-state index contributed by atoms with van der Waals surface area (Å²) in [7, 11) is 0. The molecule has 0 radical (unpaired) electrons. The van der Waals surface area contributed by atoms with Gasteiger partial charge < -0.3 is 5.32 Å². The third-order valence-corrected chi connectivity index (χ3v) is 2.71. The summed E-state index contributed by atoms with van der Waals surface area (Å²) in [5.74, 6) is 2.64. The number of benzene rings is 2. The van der Waals surface area contributed by atoms with Crippen LogP contribution in [0.2, 0.25) is 0 Å². The fraction of sp³-hybridized carbons (Fsp3) is 0.125. The molecule has 0 amide bonds. The maximum atomic E-state index is 5.38. The summed E-state index contributed by atoms with van der Waals surface area (Å²) in [5, 5.41) is 3.44. The Balaban J connectivity index is 2.13. The summed E-state index contributed by atoms with van der Waals surface area (Å²) in [6, 6.07) is 18.5. The lowest BCUT2D eigenvalue weighted by Gasteiger charge is -2.15. The van der Waals surface area contributed by atoms with Gasteiger partial charge in [-0.05, 0) is 30.7 Å². The SMILES string of the molecule is C#Cc1cccc(N[C@@H](C)c2ccccc2)c1. The van der Waals surface area contributed by atoms with Crippen LogP contribution < -0.4 is 5.32 Å². The van der Waals surface area contributed by atoms with Crippen LogP contribution in [0.1, 0.15) is 24.1 Å². The molecule has 2 aromatic rings. The summed E-state index contributed by atoms with van der Waals surface area (Å²) in [6.07, 6.45) is 5.38. The lowest BCUT2D eigenvalue weighted by molar-refractivity contribution is 0.885.